The number of rotatable bonds is 2. The van der Waals surface area contributed by atoms with Crippen molar-refractivity contribution < 1.29 is 4.74 Å². The lowest BCUT2D eigenvalue weighted by Crippen LogP contribution is -2.48. The summed E-state index contributed by atoms with van der Waals surface area (Å²) in [5, 5.41) is 0.854. The zero-order chi connectivity index (χ0) is 11.5. The molecule has 1 aliphatic rings. The maximum Gasteiger partial charge on any atom is 0.150 e. The minimum Gasteiger partial charge on any atom is -0.371 e. The SMILES string of the molecule is Cc1nccnc1N1CC(C)OC(CBr)C1. The molecule has 0 saturated carbocycles. The highest BCUT2D eigenvalue weighted by Crippen LogP contribution is 2.20. The molecule has 0 aliphatic carbocycles. The molecule has 2 heterocycles. The Balaban J connectivity index is 2.17. The summed E-state index contributed by atoms with van der Waals surface area (Å²) in [6.07, 6.45) is 3.93. The fraction of sp³-hybridized carbons (Fsp3) is 0.636. The van der Waals surface area contributed by atoms with Gasteiger partial charge in [-0.3, -0.25) is 4.98 Å². The molecule has 2 atom stereocenters. The van der Waals surface area contributed by atoms with E-state index in [9.17, 15) is 0 Å². The van der Waals surface area contributed by atoms with Crippen molar-refractivity contribution in [1.29, 1.82) is 0 Å². The zero-order valence-corrected chi connectivity index (χ0v) is 11.1. The van der Waals surface area contributed by atoms with E-state index in [1.165, 1.54) is 0 Å². The molecule has 0 aromatic carbocycles. The Bertz CT molecular complexity index is 361. The molecule has 0 amide bonds. The topological polar surface area (TPSA) is 38.2 Å². The van der Waals surface area contributed by atoms with Gasteiger partial charge in [0, 0.05) is 30.8 Å². The Morgan fingerprint density at radius 2 is 2.19 bits per heavy atom. The van der Waals surface area contributed by atoms with Crippen molar-refractivity contribution in [3.8, 4) is 0 Å². The van der Waals surface area contributed by atoms with Crippen molar-refractivity contribution in [1.82, 2.24) is 9.97 Å². The first-order valence-electron chi connectivity index (χ1n) is 5.44. The summed E-state index contributed by atoms with van der Waals surface area (Å²) >= 11 is 3.47. The van der Waals surface area contributed by atoms with E-state index in [0.29, 0.717) is 0 Å². The van der Waals surface area contributed by atoms with E-state index in [2.05, 4.69) is 37.7 Å². The summed E-state index contributed by atoms with van der Waals surface area (Å²) in [6.45, 7) is 5.83. The highest BCUT2D eigenvalue weighted by Gasteiger charge is 2.26. The molecular formula is C11H16BrN3O. The van der Waals surface area contributed by atoms with Crippen molar-refractivity contribution in [2.75, 3.05) is 23.3 Å². The predicted octanol–water partition coefficient (Wildman–Crippen LogP) is 1.77. The summed E-state index contributed by atoms with van der Waals surface area (Å²) in [5.74, 6) is 0.976. The molecule has 2 rings (SSSR count). The van der Waals surface area contributed by atoms with Crippen LogP contribution in [0, 0.1) is 6.92 Å². The fourth-order valence-electron chi connectivity index (χ4n) is 2.01. The van der Waals surface area contributed by atoms with Crippen LogP contribution in [0.4, 0.5) is 5.82 Å². The molecule has 1 aromatic rings. The number of ether oxygens (including phenoxy) is 1. The third-order valence-electron chi connectivity index (χ3n) is 2.65. The second-order valence-electron chi connectivity index (χ2n) is 4.09. The van der Waals surface area contributed by atoms with Crippen molar-refractivity contribution in [2.45, 2.75) is 26.1 Å². The Labute approximate surface area is 104 Å². The lowest BCUT2D eigenvalue weighted by Gasteiger charge is -2.37. The number of alkyl halides is 1. The quantitative estimate of drug-likeness (QED) is 0.777. The molecule has 0 radical (unpaired) electrons. The molecule has 5 heteroatoms. The Hall–Kier alpha value is -0.680. The second-order valence-corrected chi connectivity index (χ2v) is 4.74. The Morgan fingerprint density at radius 3 is 2.88 bits per heavy atom. The zero-order valence-electron chi connectivity index (χ0n) is 9.56. The summed E-state index contributed by atoms with van der Waals surface area (Å²) in [5.41, 5.74) is 0.977. The third-order valence-corrected chi connectivity index (χ3v) is 3.38. The monoisotopic (exact) mass is 285 g/mol. The third kappa shape index (κ3) is 2.52. The van der Waals surface area contributed by atoms with Crippen molar-refractivity contribution in [2.24, 2.45) is 0 Å². The van der Waals surface area contributed by atoms with E-state index in [0.717, 1.165) is 29.9 Å². The first-order valence-corrected chi connectivity index (χ1v) is 6.57. The van der Waals surface area contributed by atoms with E-state index < -0.39 is 0 Å². The van der Waals surface area contributed by atoms with Gasteiger partial charge < -0.3 is 9.64 Å². The molecule has 4 nitrogen and oxygen atoms in total. The van der Waals surface area contributed by atoms with Crippen LogP contribution >= 0.6 is 15.9 Å². The number of hydrogen-bond acceptors (Lipinski definition) is 4. The predicted molar refractivity (Wildman–Crippen MR) is 67.1 cm³/mol. The van der Waals surface area contributed by atoms with Crippen molar-refractivity contribution >= 4 is 21.7 Å². The largest absolute Gasteiger partial charge is 0.371 e. The molecule has 1 saturated heterocycles. The van der Waals surface area contributed by atoms with Gasteiger partial charge in [0.2, 0.25) is 0 Å². The van der Waals surface area contributed by atoms with Crippen LogP contribution in [0.1, 0.15) is 12.6 Å². The summed E-state index contributed by atoms with van der Waals surface area (Å²) in [7, 11) is 0. The van der Waals surface area contributed by atoms with Gasteiger partial charge in [0.25, 0.3) is 0 Å². The first-order chi connectivity index (χ1) is 7.70. The minimum atomic E-state index is 0.227. The highest BCUT2D eigenvalue weighted by atomic mass is 79.9. The van der Waals surface area contributed by atoms with Crippen LogP contribution < -0.4 is 4.90 Å². The van der Waals surface area contributed by atoms with Crippen LogP contribution in [0.25, 0.3) is 0 Å². The van der Waals surface area contributed by atoms with Gasteiger partial charge in [-0.15, -0.1) is 0 Å². The number of anilines is 1. The van der Waals surface area contributed by atoms with Gasteiger partial charge in [-0.05, 0) is 13.8 Å². The highest BCUT2D eigenvalue weighted by molar-refractivity contribution is 9.09. The fourth-order valence-corrected chi connectivity index (χ4v) is 2.37. The van der Waals surface area contributed by atoms with Gasteiger partial charge in [-0.25, -0.2) is 4.98 Å². The number of morpholine rings is 1. The van der Waals surface area contributed by atoms with Gasteiger partial charge in [0.15, 0.2) is 0 Å². The maximum absolute atomic E-state index is 5.79. The average Bonchev–Trinajstić information content (AvgIpc) is 2.28. The van der Waals surface area contributed by atoms with Gasteiger partial charge in [-0.2, -0.15) is 0 Å². The van der Waals surface area contributed by atoms with Crippen molar-refractivity contribution in [3.05, 3.63) is 18.1 Å². The smallest absolute Gasteiger partial charge is 0.150 e. The Kier molecular flexibility index (Phi) is 3.76. The van der Waals surface area contributed by atoms with Crippen LogP contribution in [0.15, 0.2) is 12.4 Å². The molecule has 0 N–H and O–H groups in total. The maximum atomic E-state index is 5.79. The van der Waals surface area contributed by atoms with E-state index in [-0.39, 0.29) is 12.2 Å². The van der Waals surface area contributed by atoms with Gasteiger partial charge in [0.05, 0.1) is 17.9 Å². The number of nitrogens with zero attached hydrogens (tertiary/aromatic N) is 3. The van der Waals surface area contributed by atoms with E-state index >= 15 is 0 Å². The van der Waals surface area contributed by atoms with Gasteiger partial charge >= 0.3 is 0 Å². The van der Waals surface area contributed by atoms with E-state index in [1.54, 1.807) is 12.4 Å². The first kappa shape index (κ1) is 11.8. The van der Waals surface area contributed by atoms with Gasteiger partial charge in [-0.1, -0.05) is 15.9 Å². The molecule has 1 fully saturated rings. The molecule has 0 bridgehead atoms. The Morgan fingerprint density at radius 1 is 1.44 bits per heavy atom. The van der Waals surface area contributed by atoms with Crippen molar-refractivity contribution in [3.63, 3.8) is 0 Å². The second kappa shape index (κ2) is 5.10. The number of aromatic nitrogens is 2. The van der Waals surface area contributed by atoms with Crippen LogP contribution in [-0.4, -0.2) is 40.6 Å². The molecule has 0 spiro atoms. The van der Waals surface area contributed by atoms with Gasteiger partial charge in [0.1, 0.15) is 5.82 Å². The number of aryl methyl sites for hydroxylation is 1. The minimum absolute atomic E-state index is 0.227. The van der Waals surface area contributed by atoms with Crippen LogP contribution in [0.5, 0.6) is 0 Å². The molecular weight excluding hydrogens is 270 g/mol. The molecule has 1 aromatic heterocycles. The standard InChI is InChI=1S/C11H16BrN3O/c1-8-6-15(7-10(5-12)16-8)11-9(2)13-3-4-14-11/h3-4,8,10H,5-7H2,1-2H3. The lowest BCUT2D eigenvalue weighted by molar-refractivity contribution is -0.00228. The van der Waals surface area contributed by atoms with E-state index in [1.807, 2.05) is 6.92 Å². The summed E-state index contributed by atoms with van der Waals surface area (Å²) in [6, 6.07) is 0. The lowest BCUT2D eigenvalue weighted by atomic mass is 10.2. The summed E-state index contributed by atoms with van der Waals surface area (Å²) in [4.78, 5) is 10.9. The normalized spacial score (nSPS) is 25.8. The molecule has 2 unspecified atom stereocenters. The average molecular weight is 286 g/mol. The number of hydrogen-bond donors (Lipinski definition) is 0. The van der Waals surface area contributed by atoms with Crippen LogP contribution in [-0.2, 0) is 4.74 Å². The summed E-state index contributed by atoms with van der Waals surface area (Å²) < 4.78 is 5.79. The molecule has 16 heavy (non-hydrogen) atoms. The van der Waals surface area contributed by atoms with Crippen LogP contribution in [0.3, 0.4) is 0 Å². The van der Waals surface area contributed by atoms with Crippen LogP contribution in [0.2, 0.25) is 0 Å². The molecule has 88 valence electrons. The number of halogens is 1. The molecule has 1 aliphatic heterocycles. The van der Waals surface area contributed by atoms with E-state index in [4.69, 9.17) is 4.74 Å².